The molecular weight excluding hydrogens is 308 g/mol. The number of hydrogen-bond donors (Lipinski definition) is 0. The predicted octanol–water partition coefficient (Wildman–Crippen LogP) is 5.72. The van der Waals surface area contributed by atoms with E-state index in [0.717, 1.165) is 10.9 Å². The van der Waals surface area contributed by atoms with Crippen LogP contribution < -0.4 is 0 Å². The first kappa shape index (κ1) is 19.4. The second-order valence-corrected chi connectivity index (χ2v) is 13.3. The molecule has 0 N–H and O–H groups in total. The predicted molar refractivity (Wildman–Crippen MR) is 98.9 cm³/mol. The summed E-state index contributed by atoms with van der Waals surface area (Å²) >= 11 is 1.67. The maximum absolute atomic E-state index is 5.73. The second kappa shape index (κ2) is 8.88. The van der Waals surface area contributed by atoms with Gasteiger partial charge in [-0.05, 0) is 38.3 Å². The fourth-order valence-electron chi connectivity index (χ4n) is 2.39. The molecule has 0 aliphatic rings. The van der Waals surface area contributed by atoms with Crippen LogP contribution in [0.2, 0.25) is 24.2 Å². The van der Waals surface area contributed by atoms with Gasteiger partial charge >= 0.3 is 0 Å². The normalized spacial score (nSPS) is 13.5. The quantitative estimate of drug-likeness (QED) is 0.274. The van der Waals surface area contributed by atoms with E-state index in [4.69, 9.17) is 9.78 Å². The lowest BCUT2D eigenvalue weighted by Gasteiger charge is -2.31. The standard InChI is InChI=1S/C18H30O2SSi/c1-7-22(8-2,9-3)15-16(19-20-18(4,5)6)12-13-17-11-10-14-21-17/h10-11,14,16H,7-9,15H2,1-6H3. The highest BCUT2D eigenvalue weighted by atomic mass is 32.1. The molecule has 0 bridgehead atoms. The van der Waals surface area contributed by atoms with Gasteiger partial charge in [0.15, 0.2) is 6.10 Å². The summed E-state index contributed by atoms with van der Waals surface area (Å²) in [5.41, 5.74) is -0.308. The summed E-state index contributed by atoms with van der Waals surface area (Å²) in [5.74, 6) is 6.54. The molecule has 0 saturated carbocycles. The highest BCUT2D eigenvalue weighted by Crippen LogP contribution is 2.28. The third kappa shape index (κ3) is 6.66. The maximum Gasteiger partial charge on any atom is 0.151 e. The van der Waals surface area contributed by atoms with Gasteiger partial charge in [-0.1, -0.05) is 56.8 Å². The molecule has 22 heavy (non-hydrogen) atoms. The maximum atomic E-state index is 5.73. The van der Waals surface area contributed by atoms with Crippen molar-refractivity contribution in [2.24, 2.45) is 0 Å². The Morgan fingerprint density at radius 2 is 1.82 bits per heavy atom. The van der Waals surface area contributed by atoms with Crippen molar-refractivity contribution in [2.75, 3.05) is 0 Å². The Kier molecular flexibility index (Phi) is 7.85. The molecule has 0 aliphatic carbocycles. The SMILES string of the molecule is CC[Si](CC)(CC)CC(C#Cc1cccs1)OOC(C)(C)C. The van der Waals surface area contributed by atoms with Crippen LogP contribution >= 0.6 is 11.3 Å². The second-order valence-electron chi connectivity index (χ2n) is 6.79. The molecule has 1 rings (SSSR count). The third-order valence-corrected chi connectivity index (χ3v) is 10.7. The zero-order valence-electron chi connectivity index (χ0n) is 14.9. The minimum absolute atomic E-state index is 0.132. The van der Waals surface area contributed by atoms with E-state index in [0.29, 0.717) is 0 Å². The molecule has 2 nitrogen and oxygen atoms in total. The number of rotatable bonds is 7. The number of hydrogen-bond acceptors (Lipinski definition) is 3. The number of thiophene rings is 1. The Bertz CT molecular complexity index is 467. The Morgan fingerprint density at radius 3 is 2.27 bits per heavy atom. The molecule has 0 aliphatic heterocycles. The van der Waals surface area contributed by atoms with Crippen molar-refractivity contribution in [3.8, 4) is 11.8 Å². The van der Waals surface area contributed by atoms with Gasteiger partial charge in [0.1, 0.15) is 0 Å². The molecule has 0 aromatic carbocycles. The van der Waals surface area contributed by atoms with Crippen LogP contribution in [0.15, 0.2) is 17.5 Å². The Morgan fingerprint density at radius 1 is 1.18 bits per heavy atom. The van der Waals surface area contributed by atoms with E-state index in [-0.39, 0.29) is 11.7 Å². The van der Waals surface area contributed by atoms with Crippen LogP contribution in [0, 0.1) is 11.8 Å². The first-order valence-corrected chi connectivity index (χ1v) is 11.9. The minimum atomic E-state index is -1.30. The van der Waals surface area contributed by atoms with E-state index in [2.05, 4.69) is 38.0 Å². The van der Waals surface area contributed by atoms with Crippen LogP contribution in [-0.2, 0) is 9.78 Å². The zero-order valence-corrected chi connectivity index (χ0v) is 16.7. The van der Waals surface area contributed by atoms with E-state index in [9.17, 15) is 0 Å². The average molecular weight is 339 g/mol. The fourth-order valence-corrected chi connectivity index (χ4v) is 6.29. The van der Waals surface area contributed by atoms with Crippen LogP contribution in [0.3, 0.4) is 0 Å². The Labute approximate surface area is 141 Å². The van der Waals surface area contributed by atoms with E-state index in [1.165, 1.54) is 18.1 Å². The monoisotopic (exact) mass is 338 g/mol. The minimum Gasteiger partial charge on any atom is -0.230 e. The molecule has 1 heterocycles. The lowest BCUT2D eigenvalue weighted by atomic mass is 10.2. The van der Waals surface area contributed by atoms with E-state index >= 15 is 0 Å². The van der Waals surface area contributed by atoms with Gasteiger partial charge in [0.2, 0.25) is 0 Å². The van der Waals surface area contributed by atoms with Crippen molar-refractivity contribution < 1.29 is 9.78 Å². The molecule has 1 aromatic heterocycles. The molecule has 4 heteroatoms. The van der Waals surface area contributed by atoms with Crippen molar-refractivity contribution in [1.82, 2.24) is 0 Å². The van der Waals surface area contributed by atoms with Gasteiger partial charge in [0.05, 0.1) is 18.6 Å². The summed E-state index contributed by atoms with van der Waals surface area (Å²) in [6.45, 7) is 12.9. The van der Waals surface area contributed by atoms with E-state index in [1.807, 2.05) is 32.9 Å². The van der Waals surface area contributed by atoms with Gasteiger partial charge in [-0.3, -0.25) is 0 Å². The van der Waals surface area contributed by atoms with Crippen LogP contribution in [0.1, 0.15) is 46.4 Å². The Balaban J connectivity index is 2.85. The average Bonchev–Trinajstić information content (AvgIpc) is 2.99. The molecule has 0 saturated heterocycles. The summed E-state index contributed by atoms with van der Waals surface area (Å²) in [6.07, 6.45) is -0.132. The van der Waals surface area contributed by atoms with Crippen molar-refractivity contribution in [1.29, 1.82) is 0 Å². The molecular formula is C18H30O2SSi. The smallest absolute Gasteiger partial charge is 0.151 e. The van der Waals surface area contributed by atoms with Crippen LogP contribution in [-0.4, -0.2) is 19.8 Å². The van der Waals surface area contributed by atoms with Crippen molar-refractivity contribution >= 4 is 19.4 Å². The van der Waals surface area contributed by atoms with Gasteiger partial charge in [0.25, 0.3) is 0 Å². The summed E-state index contributed by atoms with van der Waals surface area (Å²) < 4.78 is 0. The largest absolute Gasteiger partial charge is 0.230 e. The van der Waals surface area contributed by atoms with Crippen molar-refractivity contribution in [3.05, 3.63) is 22.4 Å². The van der Waals surface area contributed by atoms with Crippen LogP contribution in [0.25, 0.3) is 0 Å². The summed E-state index contributed by atoms with van der Waals surface area (Å²) in [7, 11) is -1.30. The van der Waals surface area contributed by atoms with Crippen molar-refractivity contribution in [2.45, 2.75) is 77.4 Å². The van der Waals surface area contributed by atoms with Gasteiger partial charge in [-0.15, -0.1) is 11.3 Å². The molecule has 124 valence electrons. The molecule has 0 amide bonds. The van der Waals surface area contributed by atoms with E-state index in [1.54, 1.807) is 11.3 Å². The molecule has 1 aromatic rings. The van der Waals surface area contributed by atoms with Crippen LogP contribution in [0.5, 0.6) is 0 Å². The van der Waals surface area contributed by atoms with Gasteiger partial charge < -0.3 is 0 Å². The highest BCUT2D eigenvalue weighted by molar-refractivity contribution is 7.10. The lowest BCUT2D eigenvalue weighted by Crippen LogP contribution is -2.37. The summed E-state index contributed by atoms with van der Waals surface area (Å²) in [4.78, 5) is 12.4. The molecule has 0 radical (unpaired) electrons. The van der Waals surface area contributed by atoms with E-state index < -0.39 is 8.07 Å². The molecule has 0 fully saturated rings. The summed E-state index contributed by atoms with van der Waals surface area (Å²) in [5, 5.41) is 2.05. The molecule has 1 atom stereocenters. The third-order valence-electron chi connectivity index (χ3n) is 4.16. The van der Waals surface area contributed by atoms with Gasteiger partial charge in [-0.2, -0.15) is 0 Å². The summed E-state index contributed by atoms with van der Waals surface area (Å²) in [6, 6.07) is 8.94. The first-order valence-electron chi connectivity index (χ1n) is 8.23. The molecule has 1 unspecified atom stereocenters. The molecule has 0 spiro atoms. The fraction of sp³-hybridized carbons (Fsp3) is 0.667. The van der Waals surface area contributed by atoms with Gasteiger partial charge in [0, 0.05) is 0 Å². The highest BCUT2D eigenvalue weighted by Gasteiger charge is 2.31. The lowest BCUT2D eigenvalue weighted by molar-refractivity contribution is -0.360. The van der Waals surface area contributed by atoms with Gasteiger partial charge in [-0.25, -0.2) is 9.78 Å². The first-order chi connectivity index (χ1) is 10.3. The zero-order chi connectivity index (χ0) is 16.6. The van der Waals surface area contributed by atoms with Crippen molar-refractivity contribution in [3.63, 3.8) is 0 Å². The Hall–Kier alpha value is -0.603. The topological polar surface area (TPSA) is 18.5 Å². The van der Waals surface area contributed by atoms with Crippen LogP contribution in [0.4, 0.5) is 0 Å².